The number of benzene rings is 1. The van der Waals surface area contributed by atoms with Gasteiger partial charge in [0, 0.05) is 53.0 Å². The predicted molar refractivity (Wildman–Crippen MR) is 162 cm³/mol. The molecular formula is C30H44N8O4. The fraction of sp³-hybridized carbons (Fsp3) is 0.567. The number of urea groups is 1. The SMILES string of the molecule is CN(C)C(=O)N(C)[C@@H]1CCCN(c2cnc(C(N)=O)c(Nc3ccc(C4CCN(C(=O)OC(C)(C)C)CC4)cc3)n2)C1. The molecule has 12 nitrogen and oxygen atoms in total. The van der Waals surface area contributed by atoms with E-state index in [9.17, 15) is 14.4 Å². The fourth-order valence-electron chi connectivity index (χ4n) is 5.45. The summed E-state index contributed by atoms with van der Waals surface area (Å²) in [5.74, 6) is 0.578. The van der Waals surface area contributed by atoms with Crippen molar-refractivity contribution in [3.05, 3.63) is 41.7 Å². The van der Waals surface area contributed by atoms with Crippen molar-refractivity contribution in [1.82, 2.24) is 24.7 Å². The van der Waals surface area contributed by atoms with Crippen LogP contribution in [0.3, 0.4) is 0 Å². The van der Waals surface area contributed by atoms with Crippen LogP contribution in [0.15, 0.2) is 30.5 Å². The van der Waals surface area contributed by atoms with Gasteiger partial charge in [0.1, 0.15) is 11.4 Å². The third kappa shape index (κ3) is 7.59. The molecule has 0 bridgehead atoms. The van der Waals surface area contributed by atoms with Gasteiger partial charge in [-0.3, -0.25) is 4.79 Å². The van der Waals surface area contributed by atoms with E-state index in [1.807, 2.05) is 40.0 Å². The summed E-state index contributed by atoms with van der Waals surface area (Å²) in [7, 11) is 5.31. The minimum Gasteiger partial charge on any atom is -0.444 e. The number of nitrogens with one attached hydrogen (secondary N) is 1. The Bertz CT molecular complexity index is 1270. The molecule has 4 rings (SSSR count). The Morgan fingerprint density at radius 3 is 2.29 bits per heavy atom. The summed E-state index contributed by atoms with van der Waals surface area (Å²) in [5.41, 5.74) is 7.13. The van der Waals surface area contributed by atoms with E-state index in [-0.39, 0.29) is 23.9 Å². The lowest BCUT2D eigenvalue weighted by Gasteiger charge is -2.39. The highest BCUT2D eigenvalue weighted by molar-refractivity contribution is 5.96. The number of rotatable bonds is 6. The second-order valence-electron chi connectivity index (χ2n) is 12.3. The van der Waals surface area contributed by atoms with Crippen molar-refractivity contribution in [1.29, 1.82) is 0 Å². The lowest BCUT2D eigenvalue weighted by atomic mass is 9.89. The number of likely N-dealkylation sites (N-methyl/N-ethyl adjacent to an activating group) is 1. The maximum atomic E-state index is 12.5. The van der Waals surface area contributed by atoms with Crippen molar-refractivity contribution in [2.24, 2.45) is 5.73 Å². The first-order valence-corrected chi connectivity index (χ1v) is 14.5. The molecule has 12 heteroatoms. The number of anilines is 3. The minimum absolute atomic E-state index is 0.0335. The molecule has 2 saturated heterocycles. The third-order valence-corrected chi connectivity index (χ3v) is 7.74. The van der Waals surface area contributed by atoms with Crippen LogP contribution in [0.2, 0.25) is 0 Å². The number of carbonyl (C=O) groups is 3. The Labute approximate surface area is 248 Å². The van der Waals surface area contributed by atoms with Gasteiger partial charge in [-0.15, -0.1) is 0 Å². The van der Waals surface area contributed by atoms with Crippen LogP contribution in [0.5, 0.6) is 0 Å². The number of nitrogens with zero attached hydrogens (tertiary/aromatic N) is 6. The third-order valence-electron chi connectivity index (χ3n) is 7.74. The molecule has 2 aliphatic heterocycles. The van der Waals surface area contributed by atoms with Gasteiger partial charge in [-0.2, -0.15) is 0 Å². The number of aromatic nitrogens is 2. The molecule has 0 spiro atoms. The van der Waals surface area contributed by atoms with Crippen LogP contribution in [0, 0.1) is 0 Å². The van der Waals surface area contributed by atoms with E-state index in [4.69, 9.17) is 15.5 Å². The van der Waals surface area contributed by atoms with Gasteiger partial charge >= 0.3 is 12.1 Å². The van der Waals surface area contributed by atoms with Crippen LogP contribution >= 0.6 is 0 Å². The number of hydrogen-bond acceptors (Lipinski definition) is 8. The van der Waals surface area contributed by atoms with Crippen LogP contribution in [0.1, 0.15) is 68.4 Å². The highest BCUT2D eigenvalue weighted by Crippen LogP contribution is 2.31. The van der Waals surface area contributed by atoms with Gasteiger partial charge < -0.3 is 35.4 Å². The summed E-state index contributed by atoms with van der Waals surface area (Å²) in [5, 5.41) is 3.23. The molecule has 4 amide bonds. The van der Waals surface area contributed by atoms with E-state index in [2.05, 4.69) is 27.3 Å². The molecule has 42 heavy (non-hydrogen) atoms. The fourth-order valence-corrected chi connectivity index (χ4v) is 5.45. The molecule has 0 radical (unpaired) electrons. The lowest BCUT2D eigenvalue weighted by Crippen LogP contribution is -2.51. The van der Waals surface area contributed by atoms with E-state index in [0.29, 0.717) is 37.2 Å². The minimum atomic E-state index is -0.669. The Morgan fingerprint density at radius 1 is 1.02 bits per heavy atom. The van der Waals surface area contributed by atoms with E-state index in [0.717, 1.165) is 37.9 Å². The zero-order valence-corrected chi connectivity index (χ0v) is 25.6. The molecule has 1 atom stereocenters. The summed E-state index contributed by atoms with van der Waals surface area (Å²) in [6, 6.07) is 8.01. The van der Waals surface area contributed by atoms with Gasteiger partial charge in [0.25, 0.3) is 5.91 Å². The largest absolute Gasteiger partial charge is 0.444 e. The molecule has 1 aromatic carbocycles. The van der Waals surface area contributed by atoms with Gasteiger partial charge in [-0.1, -0.05) is 12.1 Å². The normalized spacial score (nSPS) is 17.9. The molecule has 228 valence electrons. The maximum absolute atomic E-state index is 12.5. The first-order chi connectivity index (χ1) is 19.8. The topological polar surface area (TPSA) is 137 Å². The monoisotopic (exact) mass is 580 g/mol. The molecule has 2 aromatic rings. The second kappa shape index (κ2) is 12.8. The van der Waals surface area contributed by atoms with Gasteiger partial charge in [0.15, 0.2) is 11.5 Å². The van der Waals surface area contributed by atoms with Crippen molar-refractivity contribution in [2.45, 2.75) is 64.0 Å². The van der Waals surface area contributed by atoms with Crippen molar-refractivity contribution < 1.29 is 19.1 Å². The average molecular weight is 581 g/mol. The van der Waals surface area contributed by atoms with Gasteiger partial charge in [-0.25, -0.2) is 19.6 Å². The van der Waals surface area contributed by atoms with E-state index in [1.165, 1.54) is 5.56 Å². The van der Waals surface area contributed by atoms with E-state index in [1.54, 1.807) is 35.0 Å². The highest BCUT2D eigenvalue weighted by atomic mass is 16.6. The molecule has 1 aromatic heterocycles. The maximum Gasteiger partial charge on any atom is 0.410 e. The number of ether oxygens (including phenoxy) is 1. The van der Waals surface area contributed by atoms with Gasteiger partial charge in [0.2, 0.25) is 0 Å². The summed E-state index contributed by atoms with van der Waals surface area (Å²) in [4.78, 5) is 53.3. The molecular weight excluding hydrogens is 536 g/mol. The summed E-state index contributed by atoms with van der Waals surface area (Å²) in [6.45, 7) is 8.31. The molecule has 3 heterocycles. The second-order valence-corrected chi connectivity index (χ2v) is 12.3. The van der Waals surface area contributed by atoms with Crippen LogP contribution in [0.4, 0.5) is 26.9 Å². The standard InChI is InChI=1S/C30H44N8O4/c1-30(2,3)42-29(41)37-16-13-21(14-17-37)20-9-11-22(12-10-20)33-27-25(26(31)39)32-18-24(34-27)38-15-7-8-23(19-38)36(6)28(40)35(4)5/h9-12,18,21,23H,7-8,13-17,19H2,1-6H3,(H2,31,39)(H,33,34)/t23-/m1/s1. The predicted octanol–water partition coefficient (Wildman–Crippen LogP) is 4.02. The molecule has 2 aliphatic rings. The zero-order valence-electron chi connectivity index (χ0n) is 25.6. The average Bonchev–Trinajstić information content (AvgIpc) is 2.96. The van der Waals surface area contributed by atoms with Crippen LogP contribution in [-0.4, -0.2) is 102 Å². The number of primary amides is 1. The first kappa shape index (κ1) is 30.9. The smallest absolute Gasteiger partial charge is 0.410 e. The van der Waals surface area contributed by atoms with Crippen molar-refractivity contribution in [2.75, 3.05) is 57.5 Å². The van der Waals surface area contributed by atoms with Crippen molar-refractivity contribution in [3.8, 4) is 0 Å². The van der Waals surface area contributed by atoms with E-state index >= 15 is 0 Å². The van der Waals surface area contributed by atoms with E-state index < -0.39 is 11.5 Å². The Hall–Kier alpha value is -4.09. The number of likely N-dealkylation sites (tertiary alicyclic amines) is 1. The summed E-state index contributed by atoms with van der Waals surface area (Å²) in [6.07, 6.45) is 4.82. The molecule has 2 fully saturated rings. The number of carbonyl (C=O) groups excluding carboxylic acids is 3. The van der Waals surface area contributed by atoms with Gasteiger partial charge in [-0.05, 0) is 70.1 Å². The van der Waals surface area contributed by atoms with Crippen molar-refractivity contribution in [3.63, 3.8) is 0 Å². The molecule has 0 saturated carbocycles. The Kier molecular flexibility index (Phi) is 9.43. The summed E-state index contributed by atoms with van der Waals surface area (Å²) >= 11 is 0. The van der Waals surface area contributed by atoms with Crippen LogP contribution in [-0.2, 0) is 4.74 Å². The number of amides is 4. The van der Waals surface area contributed by atoms with Crippen LogP contribution in [0.25, 0.3) is 0 Å². The molecule has 3 N–H and O–H groups in total. The number of nitrogens with two attached hydrogens (primary N) is 1. The highest BCUT2D eigenvalue weighted by Gasteiger charge is 2.29. The van der Waals surface area contributed by atoms with Crippen LogP contribution < -0.4 is 16.0 Å². The number of piperidine rings is 2. The quantitative estimate of drug-likeness (QED) is 0.523. The number of hydrogen-bond donors (Lipinski definition) is 2. The molecule has 0 aliphatic carbocycles. The van der Waals surface area contributed by atoms with Crippen molar-refractivity contribution >= 4 is 35.4 Å². The Morgan fingerprint density at radius 2 is 1.69 bits per heavy atom. The lowest BCUT2D eigenvalue weighted by molar-refractivity contribution is 0.0204. The molecule has 0 unspecified atom stereocenters. The first-order valence-electron chi connectivity index (χ1n) is 14.5. The Balaban J connectivity index is 1.43. The summed E-state index contributed by atoms with van der Waals surface area (Å²) < 4.78 is 5.51. The van der Waals surface area contributed by atoms with Gasteiger partial charge in [0.05, 0.1) is 12.2 Å². The zero-order chi connectivity index (χ0) is 30.6.